The highest BCUT2D eigenvalue weighted by Gasteiger charge is 2.32. The summed E-state index contributed by atoms with van der Waals surface area (Å²) in [5, 5.41) is 21.7. The topological polar surface area (TPSA) is 341 Å². The maximum absolute atomic E-state index is 13.7. The fourth-order valence-electron chi connectivity index (χ4n) is 4.94. The van der Waals surface area contributed by atoms with Crippen LogP contribution in [0.15, 0.2) is 24.3 Å². The Bertz CT molecular complexity index is 1540. The summed E-state index contributed by atoms with van der Waals surface area (Å²) in [6.07, 6.45) is -0.830. The molecule has 0 fully saturated rings. The number of aliphatic hydroxyl groups excluding tert-OH is 1. The van der Waals surface area contributed by atoms with E-state index in [0.717, 1.165) is 0 Å². The third kappa shape index (κ3) is 16.7. The van der Waals surface area contributed by atoms with E-state index in [0.29, 0.717) is 6.42 Å². The molecule has 306 valence electrons. The molecule has 21 heteroatoms. The van der Waals surface area contributed by atoms with Gasteiger partial charge in [0.05, 0.1) is 25.6 Å². The highest BCUT2D eigenvalue weighted by Crippen LogP contribution is 2.18. The second-order valence-corrected chi connectivity index (χ2v) is 13.9. The third-order valence-corrected chi connectivity index (χ3v) is 8.20. The number of thiol groups is 1. The van der Waals surface area contributed by atoms with Gasteiger partial charge in [-0.05, 0) is 48.9 Å². The zero-order valence-electron chi connectivity index (χ0n) is 31.3. The Morgan fingerprint density at radius 1 is 0.764 bits per heavy atom. The average Bonchev–Trinajstić information content (AvgIpc) is 3.11. The first-order valence-corrected chi connectivity index (χ1v) is 18.1. The molecule has 20 nitrogen and oxygen atoms in total. The largest absolute Gasteiger partial charge is 0.394 e. The van der Waals surface area contributed by atoms with E-state index in [1.54, 1.807) is 13.8 Å². The summed E-state index contributed by atoms with van der Waals surface area (Å²) in [5.74, 6) is -7.48. The van der Waals surface area contributed by atoms with Gasteiger partial charge in [0.1, 0.15) is 24.2 Å². The Balaban J connectivity index is 3.08. The Labute approximate surface area is 324 Å². The zero-order chi connectivity index (χ0) is 42.0. The van der Waals surface area contributed by atoms with Crippen molar-refractivity contribution >= 4 is 71.5 Å². The van der Waals surface area contributed by atoms with Crippen LogP contribution in [-0.2, 0) is 38.4 Å². The number of hydrogen-bond donors (Lipinski definition) is 11. The predicted molar refractivity (Wildman–Crippen MR) is 203 cm³/mol. The summed E-state index contributed by atoms with van der Waals surface area (Å²) in [6, 6.07) is -0.776. The van der Waals surface area contributed by atoms with Gasteiger partial charge in [0, 0.05) is 30.0 Å². The van der Waals surface area contributed by atoms with Gasteiger partial charge in [-0.2, -0.15) is 12.6 Å². The van der Waals surface area contributed by atoms with E-state index >= 15 is 0 Å². The second-order valence-electron chi connectivity index (χ2n) is 13.4. The van der Waals surface area contributed by atoms with Crippen LogP contribution < -0.4 is 54.4 Å². The quantitative estimate of drug-likeness (QED) is 0.0452. The number of amides is 9. The Morgan fingerprint density at radius 3 is 1.85 bits per heavy atom. The molecule has 0 aromatic heterocycles. The number of rotatable bonds is 24. The first-order valence-electron chi connectivity index (χ1n) is 17.5. The average molecular weight is 795 g/mol. The molecule has 1 aromatic rings. The van der Waals surface area contributed by atoms with Crippen molar-refractivity contribution < 1.29 is 48.3 Å². The summed E-state index contributed by atoms with van der Waals surface area (Å²) >= 11 is 4.20. The maximum atomic E-state index is 13.7. The van der Waals surface area contributed by atoms with E-state index in [-0.39, 0.29) is 48.2 Å². The molecule has 0 saturated carbocycles. The number of nitrogens with two attached hydrogens (primary N) is 4. The molecule has 0 bridgehead atoms. The smallest absolute Gasteiger partial charge is 0.251 e. The van der Waals surface area contributed by atoms with E-state index in [1.165, 1.54) is 29.2 Å². The van der Waals surface area contributed by atoms with Crippen LogP contribution in [-0.4, -0.2) is 114 Å². The summed E-state index contributed by atoms with van der Waals surface area (Å²) < 4.78 is 0. The van der Waals surface area contributed by atoms with Gasteiger partial charge in [0.15, 0.2) is 0 Å². The SMILES string of the molecule is CC(C)C[C@H](NC(=O)c1ccc(N(CCS)C(=O)[C@H](CC(N)=O)NC(=O)[C@H](CO)NC(=O)CNC(=O)[C@H](CCC(N)=O)NC(=O)[C@@H](N)C(C)C)cc1)C(N)=O. The molecule has 5 atom stereocenters. The fraction of sp³-hybridized carbons (Fsp3) is 0.559. The highest BCUT2D eigenvalue weighted by atomic mass is 32.1. The minimum Gasteiger partial charge on any atom is -0.394 e. The van der Waals surface area contributed by atoms with Crippen molar-refractivity contribution in [1.29, 1.82) is 0 Å². The van der Waals surface area contributed by atoms with Crippen LogP contribution in [0.2, 0.25) is 0 Å². The van der Waals surface area contributed by atoms with Crippen molar-refractivity contribution in [1.82, 2.24) is 26.6 Å². The number of benzene rings is 1. The lowest BCUT2D eigenvalue weighted by molar-refractivity contribution is -0.134. The molecule has 1 rings (SSSR count). The first-order chi connectivity index (χ1) is 25.7. The monoisotopic (exact) mass is 794 g/mol. The Hall–Kier alpha value is -5.28. The van der Waals surface area contributed by atoms with Gasteiger partial charge in [0.2, 0.25) is 47.3 Å². The number of aliphatic hydroxyl groups is 1. The molecule has 9 amide bonds. The number of anilines is 1. The van der Waals surface area contributed by atoms with Crippen LogP contribution in [0, 0.1) is 11.8 Å². The second kappa shape index (κ2) is 23.5. The summed E-state index contributed by atoms with van der Waals surface area (Å²) in [6.45, 7) is 5.37. The molecule has 0 radical (unpaired) electrons. The van der Waals surface area contributed by atoms with Crippen molar-refractivity contribution in [2.75, 3.05) is 30.3 Å². The minimum atomic E-state index is -1.67. The highest BCUT2D eigenvalue weighted by molar-refractivity contribution is 7.80. The predicted octanol–water partition coefficient (Wildman–Crippen LogP) is -3.73. The van der Waals surface area contributed by atoms with Gasteiger partial charge in [-0.3, -0.25) is 43.2 Å². The van der Waals surface area contributed by atoms with E-state index in [1.807, 2.05) is 13.8 Å². The fourth-order valence-corrected chi connectivity index (χ4v) is 5.14. The Morgan fingerprint density at radius 2 is 1.36 bits per heavy atom. The van der Waals surface area contributed by atoms with Crippen LogP contribution in [0.5, 0.6) is 0 Å². The maximum Gasteiger partial charge on any atom is 0.251 e. The molecule has 55 heavy (non-hydrogen) atoms. The number of nitrogens with zero attached hydrogens (tertiary/aromatic N) is 1. The molecule has 0 unspecified atom stereocenters. The van der Waals surface area contributed by atoms with Crippen LogP contribution in [0.25, 0.3) is 0 Å². The van der Waals surface area contributed by atoms with Crippen molar-refractivity contribution in [3.63, 3.8) is 0 Å². The first kappa shape index (κ1) is 47.7. The zero-order valence-corrected chi connectivity index (χ0v) is 32.2. The third-order valence-electron chi connectivity index (χ3n) is 8.00. The van der Waals surface area contributed by atoms with E-state index in [4.69, 9.17) is 22.9 Å². The lowest BCUT2D eigenvalue weighted by Gasteiger charge is -2.28. The van der Waals surface area contributed by atoms with Crippen molar-refractivity contribution in [2.45, 2.75) is 83.6 Å². The lowest BCUT2D eigenvalue weighted by atomic mass is 10.0. The van der Waals surface area contributed by atoms with Gasteiger partial charge in [-0.1, -0.05) is 27.7 Å². The van der Waals surface area contributed by atoms with E-state index in [2.05, 4.69) is 39.2 Å². The van der Waals surface area contributed by atoms with Crippen molar-refractivity contribution in [3.8, 4) is 0 Å². The molecule has 0 aliphatic rings. The molecule has 0 aliphatic heterocycles. The van der Waals surface area contributed by atoms with Crippen LogP contribution >= 0.6 is 12.6 Å². The molecule has 0 aliphatic carbocycles. The standard InChI is InChI=1S/C34H54N10O10S/c1-17(2)13-22(29(38)49)42-30(50)19-5-7-20(8-6-19)44(11-12-55)34(54)23(14-26(36)47)43-32(52)24(16-45)40-27(48)15-39-31(51)21(9-10-25(35)46)41-33(53)28(37)18(3)4/h5-8,17-18,21-24,28,45,55H,9-16,37H2,1-4H3,(H2,35,46)(H2,36,47)(H2,38,49)(H,39,51)(H,40,48)(H,41,53)(H,42,50)(H,43,52)/t21-,22-,23-,24-,28-/m0/s1. The summed E-state index contributed by atoms with van der Waals surface area (Å²) in [7, 11) is 0. The van der Waals surface area contributed by atoms with Gasteiger partial charge >= 0.3 is 0 Å². The van der Waals surface area contributed by atoms with Gasteiger partial charge in [0.25, 0.3) is 5.91 Å². The minimum absolute atomic E-state index is 0.0269. The van der Waals surface area contributed by atoms with Gasteiger partial charge in [-0.25, -0.2) is 0 Å². The van der Waals surface area contributed by atoms with E-state index in [9.17, 15) is 48.3 Å². The van der Waals surface area contributed by atoms with Crippen molar-refractivity contribution in [2.24, 2.45) is 34.8 Å². The summed E-state index contributed by atoms with van der Waals surface area (Å²) in [5.41, 5.74) is 22.2. The lowest BCUT2D eigenvalue weighted by Crippen LogP contribution is -2.58. The van der Waals surface area contributed by atoms with Crippen molar-refractivity contribution in [3.05, 3.63) is 29.8 Å². The number of hydrogen-bond acceptors (Lipinski definition) is 12. The number of carbonyl (C=O) groups is 9. The molecule has 1 aromatic carbocycles. The van der Waals surface area contributed by atoms with Crippen LogP contribution in [0.4, 0.5) is 5.69 Å². The normalized spacial score (nSPS) is 13.7. The van der Waals surface area contributed by atoms with Gasteiger partial charge in [-0.15, -0.1) is 0 Å². The van der Waals surface area contributed by atoms with Crippen LogP contribution in [0.1, 0.15) is 63.7 Å². The molecule has 0 heterocycles. The van der Waals surface area contributed by atoms with Crippen LogP contribution in [0.3, 0.4) is 0 Å². The summed E-state index contributed by atoms with van der Waals surface area (Å²) in [4.78, 5) is 114. The molecule has 14 N–H and O–H groups in total. The van der Waals surface area contributed by atoms with Gasteiger partial charge < -0.3 is 59.5 Å². The number of carbonyl (C=O) groups excluding carboxylic acids is 9. The number of nitrogens with one attached hydrogen (secondary N) is 5. The molecular weight excluding hydrogens is 741 g/mol. The molecule has 0 saturated heterocycles. The Kier molecular flexibility index (Phi) is 20.4. The number of primary amides is 3. The molecule has 0 spiro atoms. The van der Waals surface area contributed by atoms with E-state index < -0.39 is 103 Å². The molecular formula is C34H54N10O10S.